The molecular weight excluding hydrogens is 278 g/mol. The van der Waals surface area contributed by atoms with E-state index in [-0.39, 0.29) is 0 Å². The number of ether oxygens (including phenoxy) is 2. The molecule has 5 nitrogen and oxygen atoms in total. The highest BCUT2D eigenvalue weighted by molar-refractivity contribution is 5.76. The third kappa shape index (κ3) is 2.06. The van der Waals surface area contributed by atoms with Crippen LogP contribution in [-0.4, -0.2) is 22.6 Å². The van der Waals surface area contributed by atoms with E-state index in [1.165, 1.54) is 0 Å². The zero-order valence-electron chi connectivity index (χ0n) is 12.4. The van der Waals surface area contributed by atoms with Crippen molar-refractivity contribution in [2.24, 2.45) is 0 Å². The number of pyridine rings is 1. The molecule has 0 bridgehead atoms. The van der Waals surface area contributed by atoms with Crippen LogP contribution in [0.15, 0.2) is 36.5 Å². The highest BCUT2D eigenvalue weighted by Crippen LogP contribution is 2.36. The summed E-state index contributed by atoms with van der Waals surface area (Å²) in [5, 5.41) is 0. The fourth-order valence-electron chi connectivity index (χ4n) is 2.69. The van der Waals surface area contributed by atoms with Crippen LogP contribution < -0.4 is 15.2 Å². The van der Waals surface area contributed by atoms with Gasteiger partial charge in [0.15, 0.2) is 11.5 Å². The van der Waals surface area contributed by atoms with Gasteiger partial charge in [-0.2, -0.15) is 0 Å². The predicted octanol–water partition coefficient (Wildman–Crippen LogP) is 3.05. The maximum atomic E-state index is 6.26. The summed E-state index contributed by atoms with van der Waals surface area (Å²) in [6.45, 7) is 3.39. The smallest absolute Gasteiger partial charge is 0.161 e. The van der Waals surface area contributed by atoms with Gasteiger partial charge in [-0.1, -0.05) is 0 Å². The summed E-state index contributed by atoms with van der Waals surface area (Å²) >= 11 is 0. The molecule has 0 saturated carbocycles. The van der Waals surface area contributed by atoms with Gasteiger partial charge in [0.2, 0.25) is 0 Å². The van der Waals surface area contributed by atoms with Crippen LogP contribution in [0.4, 0.5) is 5.82 Å². The largest absolute Gasteiger partial charge is 0.490 e. The number of imidazole rings is 1. The lowest BCUT2D eigenvalue weighted by molar-refractivity contribution is 0.297. The second kappa shape index (κ2) is 4.94. The molecule has 4 rings (SSSR count). The standard InChI is InChI=1S/C17H17N3O2/c1-11-5-6-20-15(9-11)19-16(17(20)18)12-3-4-13-14(10-12)22-8-2-7-21-13/h3-6,9-10H,2,7-8,18H2,1H3. The quantitative estimate of drug-likeness (QED) is 0.749. The minimum Gasteiger partial charge on any atom is -0.490 e. The van der Waals surface area contributed by atoms with Crippen molar-refractivity contribution in [3.63, 3.8) is 0 Å². The topological polar surface area (TPSA) is 61.8 Å². The second-order valence-electron chi connectivity index (χ2n) is 5.49. The van der Waals surface area contributed by atoms with Gasteiger partial charge in [-0.3, -0.25) is 4.40 Å². The molecule has 0 aliphatic carbocycles. The van der Waals surface area contributed by atoms with Crippen molar-refractivity contribution in [1.29, 1.82) is 0 Å². The molecular formula is C17H17N3O2. The molecule has 0 radical (unpaired) electrons. The Morgan fingerprint density at radius 3 is 2.77 bits per heavy atom. The Morgan fingerprint density at radius 1 is 1.09 bits per heavy atom. The normalized spacial score (nSPS) is 14.0. The van der Waals surface area contributed by atoms with E-state index in [2.05, 4.69) is 4.98 Å². The molecule has 2 aromatic heterocycles. The molecule has 0 spiro atoms. The average molecular weight is 295 g/mol. The van der Waals surface area contributed by atoms with Crippen molar-refractivity contribution in [3.8, 4) is 22.8 Å². The molecule has 0 fully saturated rings. The van der Waals surface area contributed by atoms with E-state index in [1.807, 2.05) is 47.9 Å². The zero-order chi connectivity index (χ0) is 15.1. The fourth-order valence-corrected chi connectivity index (χ4v) is 2.69. The van der Waals surface area contributed by atoms with E-state index in [1.54, 1.807) is 0 Å². The van der Waals surface area contributed by atoms with Crippen LogP contribution in [0, 0.1) is 6.92 Å². The molecule has 22 heavy (non-hydrogen) atoms. The Bertz CT molecular complexity index is 854. The highest BCUT2D eigenvalue weighted by Gasteiger charge is 2.16. The highest BCUT2D eigenvalue weighted by atomic mass is 16.5. The maximum absolute atomic E-state index is 6.26. The summed E-state index contributed by atoms with van der Waals surface area (Å²) in [4.78, 5) is 4.66. The van der Waals surface area contributed by atoms with Crippen molar-refractivity contribution in [3.05, 3.63) is 42.1 Å². The molecule has 0 unspecified atom stereocenters. The Morgan fingerprint density at radius 2 is 1.91 bits per heavy atom. The van der Waals surface area contributed by atoms with Gasteiger partial charge in [0.05, 0.1) is 13.2 Å². The summed E-state index contributed by atoms with van der Waals surface area (Å²) in [7, 11) is 0. The molecule has 5 heteroatoms. The van der Waals surface area contributed by atoms with Crippen LogP contribution >= 0.6 is 0 Å². The van der Waals surface area contributed by atoms with Crippen LogP contribution in [0.25, 0.3) is 16.9 Å². The van der Waals surface area contributed by atoms with Crippen molar-refractivity contribution in [1.82, 2.24) is 9.38 Å². The Balaban J connectivity index is 1.85. The first-order valence-corrected chi connectivity index (χ1v) is 7.36. The number of hydrogen-bond donors (Lipinski definition) is 1. The van der Waals surface area contributed by atoms with Crippen LogP contribution in [0.2, 0.25) is 0 Å². The number of aromatic nitrogens is 2. The van der Waals surface area contributed by atoms with Gasteiger partial charge in [0, 0.05) is 18.2 Å². The zero-order valence-corrected chi connectivity index (χ0v) is 12.4. The number of rotatable bonds is 1. The Kier molecular flexibility index (Phi) is 2.92. The maximum Gasteiger partial charge on any atom is 0.161 e. The third-order valence-corrected chi connectivity index (χ3v) is 3.84. The van der Waals surface area contributed by atoms with Gasteiger partial charge in [-0.25, -0.2) is 4.98 Å². The minimum absolute atomic E-state index is 0.629. The van der Waals surface area contributed by atoms with Gasteiger partial charge < -0.3 is 15.2 Å². The van der Waals surface area contributed by atoms with Gasteiger partial charge >= 0.3 is 0 Å². The lowest BCUT2D eigenvalue weighted by atomic mass is 10.1. The summed E-state index contributed by atoms with van der Waals surface area (Å²) in [6.07, 6.45) is 2.83. The minimum atomic E-state index is 0.629. The molecule has 0 amide bonds. The van der Waals surface area contributed by atoms with E-state index in [0.29, 0.717) is 19.0 Å². The molecule has 0 saturated heterocycles. The average Bonchev–Trinajstić information content (AvgIpc) is 2.71. The van der Waals surface area contributed by atoms with Crippen LogP contribution in [0.5, 0.6) is 11.5 Å². The second-order valence-corrected chi connectivity index (χ2v) is 5.49. The number of benzene rings is 1. The summed E-state index contributed by atoms with van der Waals surface area (Å²) < 4.78 is 13.3. The first kappa shape index (κ1) is 13.0. The first-order valence-electron chi connectivity index (χ1n) is 7.36. The lowest BCUT2D eigenvalue weighted by Crippen LogP contribution is -1.97. The molecule has 2 N–H and O–H groups in total. The van der Waals surface area contributed by atoms with Crippen molar-refractivity contribution >= 4 is 11.5 Å². The van der Waals surface area contributed by atoms with Crippen molar-refractivity contribution in [2.75, 3.05) is 18.9 Å². The number of aryl methyl sites for hydroxylation is 1. The molecule has 1 aliphatic heterocycles. The van der Waals surface area contributed by atoms with E-state index >= 15 is 0 Å². The van der Waals surface area contributed by atoms with Crippen molar-refractivity contribution < 1.29 is 9.47 Å². The number of nitrogens with two attached hydrogens (primary N) is 1. The molecule has 1 aliphatic rings. The van der Waals surface area contributed by atoms with Gasteiger partial charge in [0.1, 0.15) is 17.2 Å². The molecule has 112 valence electrons. The van der Waals surface area contributed by atoms with Crippen molar-refractivity contribution in [2.45, 2.75) is 13.3 Å². The SMILES string of the molecule is Cc1ccn2c(N)c(-c3ccc4c(c3)OCCCO4)nc2c1. The van der Waals surface area contributed by atoms with Crippen LogP contribution in [0.1, 0.15) is 12.0 Å². The molecule has 0 atom stereocenters. The van der Waals surface area contributed by atoms with Gasteiger partial charge in [-0.15, -0.1) is 0 Å². The van der Waals surface area contributed by atoms with Gasteiger partial charge in [0.25, 0.3) is 0 Å². The lowest BCUT2D eigenvalue weighted by Gasteiger charge is -2.08. The summed E-state index contributed by atoms with van der Waals surface area (Å²) in [5.74, 6) is 2.16. The fraction of sp³-hybridized carbons (Fsp3) is 0.235. The van der Waals surface area contributed by atoms with E-state index < -0.39 is 0 Å². The monoisotopic (exact) mass is 295 g/mol. The molecule has 3 heterocycles. The number of fused-ring (bicyclic) bond motifs is 2. The van der Waals surface area contributed by atoms with Gasteiger partial charge in [-0.05, 0) is 42.8 Å². The molecule has 3 aromatic rings. The third-order valence-electron chi connectivity index (χ3n) is 3.84. The van der Waals surface area contributed by atoms with E-state index in [4.69, 9.17) is 15.2 Å². The Hall–Kier alpha value is -2.69. The van der Waals surface area contributed by atoms with Crippen LogP contribution in [0.3, 0.4) is 0 Å². The summed E-state index contributed by atoms with van der Waals surface area (Å²) in [5.41, 5.74) is 9.96. The van der Waals surface area contributed by atoms with E-state index in [9.17, 15) is 0 Å². The first-order chi connectivity index (χ1) is 10.7. The predicted molar refractivity (Wildman–Crippen MR) is 85.4 cm³/mol. The number of anilines is 1. The number of nitrogen functional groups attached to an aromatic ring is 1. The summed E-state index contributed by atoms with van der Waals surface area (Å²) in [6, 6.07) is 9.88. The number of nitrogens with zero attached hydrogens (tertiary/aromatic N) is 2. The Labute approximate surface area is 128 Å². The van der Waals surface area contributed by atoms with Crippen LogP contribution in [-0.2, 0) is 0 Å². The van der Waals surface area contributed by atoms with E-state index in [0.717, 1.165) is 40.4 Å². The number of hydrogen-bond acceptors (Lipinski definition) is 4. The molecule has 1 aromatic carbocycles.